The third-order valence-corrected chi connectivity index (χ3v) is 4.18. The van der Waals surface area contributed by atoms with Crippen LogP contribution in [0.25, 0.3) is 0 Å². The van der Waals surface area contributed by atoms with Gasteiger partial charge in [0.25, 0.3) is 0 Å². The van der Waals surface area contributed by atoms with Crippen LogP contribution in [0.5, 0.6) is 0 Å². The molecule has 2 aliphatic rings. The number of methoxy groups -OCH3 is 1. The first kappa shape index (κ1) is 11.9. The number of nitrogens with one attached hydrogen (secondary N) is 1. The summed E-state index contributed by atoms with van der Waals surface area (Å²) in [6.07, 6.45) is 7.15. The van der Waals surface area contributed by atoms with Crippen LogP contribution >= 0.6 is 0 Å². The van der Waals surface area contributed by atoms with Gasteiger partial charge in [-0.2, -0.15) is 0 Å². The van der Waals surface area contributed by atoms with Gasteiger partial charge >= 0.3 is 0 Å². The molecule has 0 radical (unpaired) electrons. The van der Waals surface area contributed by atoms with Crippen LogP contribution in [-0.4, -0.2) is 26.2 Å². The van der Waals surface area contributed by atoms with E-state index in [9.17, 15) is 4.79 Å². The third kappa shape index (κ3) is 2.97. The number of hydrogen-bond acceptors (Lipinski definition) is 2. The molecule has 0 heterocycles. The van der Waals surface area contributed by atoms with E-state index >= 15 is 0 Å². The molecule has 3 unspecified atom stereocenters. The first-order valence-electron chi connectivity index (χ1n) is 6.55. The summed E-state index contributed by atoms with van der Waals surface area (Å²) >= 11 is 0. The molecule has 2 rings (SSSR count). The average Bonchev–Trinajstić information content (AvgIpc) is 2.86. The number of amides is 1. The molecule has 16 heavy (non-hydrogen) atoms. The number of fused-ring (bicyclic) bond motifs is 2. The van der Waals surface area contributed by atoms with E-state index in [0.29, 0.717) is 5.92 Å². The normalized spacial score (nSPS) is 31.9. The van der Waals surface area contributed by atoms with Gasteiger partial charge in [0.2, 0.25) is 5.91 Å². The predicted molar refractivity (Wildman–Crippen MR) is 63.1 cm³/mol. The van der Waals surface area contributed by atoms with Crippen LogP contribution in [0.2, 0.25) is 0 Å². The molecule has 0 aromatic carbocycles. The average molecular weight is 225 g/mol. The SMILES string of the molecule is COCCCNC(=O)CC1CC2CCC1C2. The lowest BCUT2D eigenvalue weighted by Gasteiger charge is -2.20. The minimum atomic E-state index is 0.244. The van der Waals surface area contributed by atoms with Gasteiger partial charge in [-0.3, -0.25) is 4.79 Å². The zero-order valence-corrected chi connectivity index (χ0v) is 10.2. The molecule has 3 nitrogen and oxygen atoms in total. The summed E-state index contributed by atoms with van der Waals surface area (Å²) in [6.45, 7) is 1.49. The second-order valence-corrected chi connectivity index (χ2v) is 5.34. The molecule has 0 aromatic rings. The highest BCUT2D eigenvalue weighted by atomic mass is 16.5. The minimum absolute atomic E-state index is 0.244. The largest absolute Gasteiger partial charge is 0.385 e. The van der Waals surface area contributed by atoms with E-state index in [4.69, 9.17) is 4.74 Å². The maximum atomic E-state index is 11.7. The summed E-state index contributed by atoms with van der Waals surface area (Å²) in [6, 6.07) is 0. The molecule has 2 fully saturated rings. The van der Waals surface area contributed by atoms with Crippen LogP contribution in [0.1, 0.15) is 38.5 Å². The third-order valence-electron chi connectivity index (χ3n) is 4.18. The Kier molecular flexibility index (Phi) is 4.22. The van der Waals surface area contributed by atoms with Crippen molar-refractivity contribution in [1.29, 1.82) is 0 Å². The lowest BCUT2D eigenvalue weighted by Crippen LogP contribution is -2.28. The fourth-order valence-corrected chi connectivity index (χ4v) is 3.38. The van der Waals surface area contributed by atoms with Crippen molar-refractivity contribution in [2.75, 3.05) is 20.3 Å². The number of rotatable bonds is 6. The van der Waals surface area contributed by atoms with Gasteiger partial charge in [0.15, 0.2) is 0 Å². The molecular weight excluding hydrogens is 202 g/mol. The Morgan fingerprint density at radius 1 is 1.38 bits per heavy atom. The molecule has 0 aliphatic heterocycles. The van der Waals surface area contributed by atoms with E-state index < -0.39 is 0 Å². The minimum Gasteiger partial charge on any atom is -0.385 e. The lowest BCUT2D eigenvalue weighted by atomic mass is 9.86. The van der Waals surface area contributed by atoms with Crippen molar-refractivity contribution >= 4 is 5.91 Å². The Morgan fingerprint density at radius 2 is 2.25 bits per heavy atom. The van der Waals surface area contributed by atoms with Gasteiger partial charge in [-0.25, -0.2) is 0 Å². The second kappa shape index (κ2) is 5.67. The Morgan fingerprint density at radius 3 is 2.88 bits per heavy atom. The highest BCUT2D eigenvalue weighted by molar-refractivity contribution is 5.76. The zero-order chi connectivity index (χ0) is 11.4. The fourth-order valence-electron chi connectivity index (χ4n) is 3.38. The first-order valence-corrected chi connectivity index (χ1v) is 6.55. The molecule has 0 saturated heterocycles. The van der Waals surface area contributed by atoms with Crippen LogP contribution in [-0.2, 0) is 9.53 Å². The molecule has 92 valence electrons. The quantitative estimate of drug-likeness (QED) is 0.702. The van der Waals surface area contributed by atoms with Crippen LogP contribution < -0.4 is 5.32 Å². The van der Waals surface area contributed by atoms with Crippen molar-refractivity contribution in [1.82, 2.24) is 5.32 Å². The Hall–Kier alpha value is -0.570. The molecule has 2 bridgehead atoms. The Balaban J connectivity index is 1.60. The van der Waals surface area contributed by atoms with Crippen molar-refractivity contribution in [3.05, 3.63) is 0 Å². The van der Waals surface area contributed by atoms with Crippen LogP contribution in [0, 0.1) is 17.8 Å². The van der Waals surface area contributed by atoms with Crippen molar-refractivity contribution in [2.45, 2.75) is 38.5 Å². The molecule has 0 spiro atoms. The van der Waals surface area contributed by atoms with E-state index in [1.165, 1.54) is 25.7 Å². The van der Waals surface area contributed by atoms with E-state index in [1.54, 1.807) is 7.11 Å². The van der Waals surface area contributed by atoms with E-state index in [-0.39, 0.29) is 5.91 Å². The Labute approximate surface area is 97.9 Å². The molecule has 3 atom stereocenters. The molecule has 1 amide bonds. The van der Waals surface area contributed by atoms with Gasteiger partial charge < -0.3 is 10.1 Å². The topological polar surface area (TPSA) is 38.3 Å². The first-order chi connectivity index (χ1) is 7.79. The number of carbonyl (C=O) groups excluding carboxylic acids is 1. The molecule has 3 heteroatoms. The van der Waals surface area contributed by atoms with Gasteiger partial charge in [0.1, 0.15) is 0 Å². The van der Waals surface area contributed by atoms with E-state index in [1.807, 2.05) is 0 Å². The maximum Gasteiger partial charge on any atom is 0.220 e. The molecular formula is C13H23NO2. The summed E-state index contributed by atoms with van der Waals surface area (Å²) in [5.74, 6) is 2.72. The van der Waals surface area contributed by atoms with Gasteiger partial charge in [-0.05, 0) is 43.4 Å². The van der Waals surface area contributed by atoms with Crippen molar-refractivity contribution in [3.63, 3.8) is 0 Å². The van der Waals surface area contributed by atoms with Gasteiger partial charge in [-0.1, -0.05) is 6.42 Å². The molecule has 0 aromatic heterocycles. The second-order valence-electron chi connectivity index (χ2n) is 5.34. The predicted octanol–water partition coefficient (Wildman–Crippen LogP) is 1.97. The smallest absolute Gasteiger partial charge is 0.220 e. The van der Waals surface area contributed by atoms with E-state index in [0.717, 1.165) is 37.8 Å². The molecule has 2 saturated carbocycles. The van der Waals surface area contributed by atoms with Crippen molar-refractivity contribution in [2.24, 2.45) is 17.8 Å². The van der Waals surface area contributed by atoms with Crippen LogP contribution in [0.15, 0.2) is 0 Å². The van der Waals surface area contributed by atoms with Crippen LogP contribution in [0.3, 0.4) is 0 Å². The summed E-state index contributed by atoms with van der Waals surface area (Å²) in [4.78, 5) is 11.7. The molecule has 2 aliphatic carbocycles. The number of ether oxygens (including phenoxy) is 1. The lowest BCUT2D eigenvalue weighted by molar-refractivity contribution is -0.122. The maximum absolute atomic E-state index is 11.7. The zero-order valence-electron chi connectivity index (χ0n) is 10.2. The number of carbonyl (C=O) groups is 1. The standard InChI is InChI=1S/C13H23NO2/c1-16-6-2-5-14-13(15)9-12-8-10-3-4-11(12)7-10/h10-12H,2-9H2,1H3,(H,14,15). The summed E-state index contributed by atoms with van der Waals surface area (Å²) in [7, 11) is 1.69. The van der Waals surface area contributed by atoms with Crippen molar-refractivity contribution in [3.8, 4) is 0 Å². The highest BCUT2D eigenvalue weighted by Gasteiger charge is 2.39. The molecule has 1 N–H and O–H groups in total. The summed E-state index contributed by atoms with van der Waals surface area (Å²) < 4.78 is 4.95. The van der Waals surface area contributed by atoms with Crippen molar-refractivity contribution < 1.29 is 9.53 Å². The van der Waals surface area contributed by atoms with Gasteiger partial charge in [0, 0.05) is 26.7 Å². The Bertz CT molecular complexity index is 242. The van der Waals surface area contributed by atoms with Crippen LogP contribution in [0.4, 0.5) is 0 Å². The summed E-state index contributed by atoms with van der Waals surface area (Å²) in [5, 5.41) is 2.98. The van der Waals surface area contributed by atoms with E-state index in [2.05, 4.69) is 5.32 Å². The highest BCUT2D eigenvalue weighted by Crippen LogP contribution is 2.49. The number of hydrogen-bond donors (Lipinski definition) is 1. The fraction of sp³-hybridized carbons (Fsp3) is 0.923. The van der Waals surface area contributed by atoms with Gasteiger partial charge in [0.05, 0.1) is 0 Å². The monoisotopic (exact) mass is 225 g/mol. The van der Waals surface area contributed by atoms with Gasteiger partial charge in [-0.15, -0.1) is 0 Å². The summed E-state index contributed by atoms with van der Waals surface area (Å²) in [5.41, 5.74) is 0.